The lowest BCUT2D eigenvalue weighted by Gasteiger charge is -2.49. The first-order valence-corrected chi connectivity index (χ1v) is 9.90. The van der Waals surface area contributed by atoms with E-state index in [1.54, 1.807) is 0 Å². The lowest BCUT2D eigenvalue weighted by Crippen LogP contribution is -2.57. The van der Waals surface area contributed by atoms with E-state index in [-0.39, 0.29) is 22.9 Å². The van der Waals surface area contributed by atoms with Crippen molar-refractivity contribution in [3.8, 4) is 0 Å². The number of nitrogens with one attached hydrogen (secondary N) is 1. The number of carbonyl (C=O) groups excluding carboxylic acids is 1. The van der Waals surface area contributed by atoms with E-state index >= 15 is 0 Å². The van der Waals surface area contributed by atoms with E-state index in [0.717, 1.165) is 25.2 Å². The van der Waals surface area contributed by atoms with E-state index in [2.05, 4.69) is 46.5 Å². The van der Waals surface area contributed by atoms with Crippen molar-refractivity contribution in [1.29, 1.82) is 0 Å². The molecule has 2 unspecified atom stereocenters. The molecule has 2 saturated heterocycles. The van der Waals surface area contributed by atoms with Crippen LogP contribution < -0.4 is 5.32 Å². The molecule has 2 atom stereocenters. The Morgan fingerprint density at radius 3 is 2.27 bits per heavy atom. The summed E-state index contributed by atoms with van der Waals surface area (Å²) in [6.45, 7) is 13.1. The summed E-state index contributed by atoms with van der Waals surface area (Å²) in [4.78, 5) is 15.0. The van der Waals surface area contributed by atoms with Crippen LogP contribution in [0, 0.1) is 5.41 Å². The fourth-order valence-corrected chi connectivity index (χ4v) is 4.25. The second-order valence-corrected chi connectivity index (χ2v) is 9.98. The molecule has 1 N–H and O–H groups in total. The van der Waals surface area contributed by atoms with Gasteiger partial charge < -0.3 is 5.32 Å². The topological polar surface area (TPSA) is 75.9 Å². The summed E-state index contributed by atoms with van der Waals surface area (Å²) < 4.78 is 1.94. The summed E-state index contributed by atoms with van der Waals surface area (Å²) in [7, 11) is 0. The summed E-state index contributed by atoms with van der Waals surface area (Å²) in [5.74, 6) is 1.09. The van der Waals surface area contributed by atoms with Gasteiger partial charge in [-0.3, -0.25) is 9.69 Å². The van der Waals surface area contributed by atoms with Gasteiger partial charge in [0.1, 0.15) is 0 Å². The highest BCUT2D eigenvalue weighted by molar-refractivity contribution is 5.81. The molecule has 2 bridgehead atoms. The van der Waals surface area contributed by atoms with E-state index in [0.29, 0.717) is 12.1 Å². The third kappa shape index (κ3) is 4.08. The third-order valence-corrected chi connectivity index (χ3v) is 5.64. The molecule has 0 spiro atoms. The molecular formula is C19H34N6O. The second-order valence-electron chi connectivity index (χ2n) is 9.98. The van der Waals surface area contributed by atoms with Crippen molar-refractivity contribution in [2.75, 3.05) is 0 Å². The number of piperidine rings is 2. The van der Waals surface area contributed by atoms with Crippen LogP contribution in [0.5, 0.6) is 0 Å². The van der Waals surface area contributed by atoms with Gasteiger partial charge in [0.15, 0.2) is 5.82 Å². The number of hydrogen-bond donors (Lipinski definition) is 1. The van der Waals surface area contributed by atoms with E-state index in [4.69, 9.17) is 0 Å². The molecule has 7 heteroatoms. The first-order chi connectivity index (χ1) is 12.1. The van der Waals surface area contributed by atoms with Crippen LogP contribution in [-0.4, -0.2) is 49.1 Å². The number of nitrogens with zero attached hydrogens (tertiary/aromatic N) is 5. The number of tetrazole rings is 1. The Hall–Kier alpha value is -1.50. The molecule has 1 aromatic rings. The number of aromatic nitrogens is 4. The molecule has 1 aromatic heterocycles. The molecular weight excluding hydrogens is 328 g/mol. The van der Waals surface area contributed by atoms with Crippen molar-refractivity contribution in [2.45, 2.75) is 104 Å². The molecule has 0 saturated carbocycles. The average Bonchev–Trinajstić information content (AvgIpc) is 2.95. The van der Waals surface area contributed by atoms with Crippen LogP contribution in [0.1, 0.15) is 79.5 Å². The largest absolute Gasteiger partial charge is 0.353 e. The van der Waals surface area contributed by atoms with Gasteiger partial charge in [-0.15, -0.1) is 5.10 Å². The Labute approximate surface area is 156 Å². The van der Waals surface area contributed by atoms with Crippen LogP contribution >= 0.6 is 0 Å². The van der Waals surface area contributed by atoms with E-state index in [1.165, 1.54) is 19.3 Å². The molecule has 0 radical (unpaired) electrons. The minimum Gasteiger partial charge on any atom is -0.353 e. The molecule has 146 valence electrons. The van der Waals surface area contributed by atoms with Crippen molar-refractivity contribution in [2.24, 2.45) is 5.41 Å². The van der Waals surface area contributed by atoms with Gasteiger partial charge in [-0.2, -0.15) is 0 Å². The first-order valence-electron chi connectivity index (χ1n) is 9.90. The number of fused-ring (bicyclic) bond motifs is 2. The van der Waals surface area contributed by atoms with Crippen LogP contribution in [-0.2, 0) is 16.9 Å². The summed E-state index contributed by atoms with van der Waals surface area (Å²) in [6, 6.07) is 1.28. The van der Waals surface area contributed by atoms with Crippen molar-refractivity contribution in [1.82, 2.24) is 30.4 Å². The summed E-state index contributed by atoms with van der Waals surface area (Å²) in [6.07, 6.45) is 5.70. The Bertz CT molecular complexity index is 627. The molecule has 1 amide bonds. The van der Waals surface area contributed by atoms with E-state index < -0.39 is 0 Å². The van der Waals surface area contributed by atoms with Gasteiger partial charge in [0.05, 0.1) is 12.1 Å². The zero-order valence-corrected chi connectivity index (χ0v) is 17.1. The maximum atomic E-state index is 12.4. The highest BCUT2D eigenvalue weighted by atomic mass is 16.2. The summed E-state index contributed by atoms with van der Waals surface area (Å²) >= 11 is 0. The predicted octanol–water partition coefficient (Wildman–Crippen LogP) is 2.48. The molecule has 2 fully saturated rings. The van der Waals surface area contributed by atoms with Crippen molar-refractivity contribution in [3.63, 3.8) is 0 Å². The first kappa shape index (κ1) is 19.3. The Kier molecular flexibility index (Phi) is 5.12. The number of amides is 1. The standard InChI is InChI=1S/C19H34N6O/c1-18(2,3)17(26)20-13-10-14-8-7-9-15(11-13)24(14)12-16-21-22-23-25(16)19(4,5)6/h13-15H,7-12H2,1-6H3,(H,20,26). The monoisotopic (exact) mass is 362 g/mol. The van der Waals surface area contributed by atoms with Gasteiger partial charge >= 0.3 is 0 Å². The normalized spacial score (nSPS) is 27.4. The molecule has 2 aliphatic rings. The second kappa shape index (κ2) is 6.91. The maximum Gasteiger partial charge on any atom is 0.225 e. The van der Waals surface area contributed by atoms with Crippen molar-refractivity contribution < 1.29 is 4.79 Å². The molecule has 7 nitrogen and oxygen atoms in total. The predicted molar refractivity (Wildman–Crippen MR) is 100 cm³/mol. The zero-order chi connectivity index (χ0) is 19.1. The van der Waals surface area contributed by atoms with E-state index in [1.807, 2.05) is 25.5 Å². The Morgan fingerprint density at radius 1 is 1.12 bits per heavy atom. The molecule has 3 rings (SSSR count). The highest BCUT2D eigenvalue weighted by Gasteiger charge is 2.40. The van der Waals surface area contributed by atoms with Crippen LogP contribution in [0.3, 0.4) is 0 Å². The fourth-order valence-electron chi connectivity index (χ4n) is 4.25. The van der Waals surface area contributed by atoms with Crippen molar-refractivity contribution >= 4 is 5.91 Å². The molecule has 0 aliphatic carbocycles. The van der Waals surface area contributed by atoms with Gasteiger partial charge in [-0.05, 0) is 56.9 Å². The quantitative estimate of drug-likeness (QED) is 0.894. The van der Waals surface area contributed by atoms with Gasteiger partial charge in [-0.1, -0.05) is 27.2 Å². The minimum absolute atomic E-state index is 0.118. The van der Waals surface area contributed by atoms with E-state index in [9.17, 15) is 4.79 Å². The van der Waals surface area contributed by atoms with Crippen LogP contribution in [0.25, 0.3) is 0 Å². The Balaban J connectivity index is 1.70. The lowest BCUT2D eigenvalue weighted by atomic mass is 9.81. The maximum absolute atomic E-state index is 12.4. The smallest absolute Gasteiger partial charge is 0.225 e. The van der Waals surface area contributed by atoms with Gasteiger partial charge in [0, 0.05) is 23.5 Å². The van der Waals surface area contributed by atoms with Crippen LogP contribution in [0.15, 0.2) is 0 Å². The Morgan fingerprint density at radius 2 is 1.73 bits per heavy atom. The van der Waals surface area contributed by atoms with Crippen molar-refractivity contribution in [3.05, 3.63) is 5.82 Å². The SMILES string of the molecule is CC(C)(C)C(=O)NC1CC2CCCC(C1)N2Cc1nnnn1C(C)(C)C. The van der Waals surface area contributed by atoms with Crippen LogP contribution in [0.2, 0.25) is 0 Å². The molecule has 0 aromatic carbocycles. The zero-order valence-electron chi connectivity index (χ0n) is 17.1. The average molecular weight is 363 g/mol. The highest BCUT2D eigenvalue weighted by Crippen LogP contribution is 2.35. The van der Waals surface area contributed by atoms with Gasteiger partial charge in [0.2, 0.25) is 5.91 Å². The lowest BCUT2D eigenvalue weighted by molar-refractivity contribution is -0.130. The number of hydrogen-bond acceptors (Lipinski definition) is 5. The molecule has 2 aliphatic heterocycles. The fraction of sp³-hybridized carbons (Fsp3) is 0.895. The minimum atomic E-state index is -0.332. The summed E-state index contributed by atoms with van der Waals surface area (Å²) in [5, 5.41) is 15.7. The number of carbonyl (C=O) groups is 1. The molecule has 26 heavy (non-hydrogen) atoms. The van der Waals surface area contributed by atoms with Gasteiger partial charge in [-0.25, -0.2) is 4.68 Å². The van der Waals surface area contributed by atoms with Crippen LogP contribution in [0.4, 0.5) is 0 Å². The number of rotatable bonds is 3. The van der Waals surface area contributed by atoms with Gasteiger partial charge in [0.25, 0.3) is 0 Å². The third-order valence-electron chi connectivity index (χ3n) is 5.64. The molecule has 3 heterocycles. The summed E-state index contributed by atoms with van der Waals surface area (Å²) in [5.41, 5.74) is -0.450.